The second kappa shape index (κ2) is 10.8. The monoisotopic (exact) mass is 492 g/mol. The molecule has 6 nitrogen and oxygen atoms in total. The predicted octanol–water partition coefficient (Wildman–Crippen LogP) is 5.24. The number of hydrogen-bond acceptors (Lipinski definition) is 3. The number of hydrogen-bond donors (Lipinski definition) is 1. The normalized spacial score (nSPS) is 20.7. The number of aromatic nitrogens is 2. The van der Waals surface area contributed by atoms with Gasteiger partial charge in [-0.2, -0.15) is 5.10 Å². The van der Waals surface area contributed by atoms with Crippen LogP contribution in [0, 0.1) is 0 Å². The van der Waals surface area contributed by atoms with Crippen molar-refractivity contribution in [1.82, 2.24) is 20.0 Å². The van der Waals surface area contributed by atoms with Crippen LogP contribution in [-0.2, 0) is 17.6 Å². The molecule has 2 fully saturated rings. The van der Waals surface area contributed by atoms with E-state index in [4.69, 9.17) is 21.4 Å². The van der Waals surface area contributed by atoms with Crippen molar-refractivity contribution >= 4 is 17.6 Å². The molecule has 3 heterocycles. The molecule has 5 rings (SSSR count). The number of benzene rings is 2. The van der Waals surface area contributed by atoms with Gasteiger partial charge in [-0.15, -0.1) is 0 Å². The lowest BCUT2D eigenvalue weighted by Gasteiger charge is -2.40. The average Bonchev–Trinajstić information content (AvgIpc) is 3.38. The Kier molecular flexibility index (Phi) is 7.40. The molecule has 35 heavy (non-hydrogen) atoms. The molecule has 2 atom stereocenters. The number of nitrogens with one attached hydrogen (secondary N) is 1. The van der Waals surface area contributed by atoms with Gasteiger partial charge in [0.15, 0.2) is 0 Å². The molecule has 184 valence electrons. The average molecular weight is 493 g/mol. The van der Waals surface area contributed by atoms with E-state index in [1.54, 1.807) is 0 Å². The van der Waals surface area contributed by atoms with Gasteiger partial charge in [-0.1, -0.05) is 54.9 Å². The van der Waals surface area contributed by atoms with Gasteiger partial charge in [-0.3, -0.25) is 5.10 Å². The van der Waals surface area contributed by atoms with Crippen LogP contribution in [0.3, 0.4) is 0 Å². The Labute approximate surface area is 212 Å². The number of piperidine rings is 1. The van der Waals surface area contributed by atoms with Crippen LogP contribution < -0.4 is 0 Å². The number of carbonyl (C=O) groups is 1. The largest absolute Gasteiger partial charge is 0.378 e. The third-order valence-corrected chi connectivity index (χ3v) is 7.49. The molecule has 0 bridgehead atoms. The van der Waals surface area contributed by atoms with Crippen molar-refractivity contribution in [3.63, 3.8) is 0 Å². The van der Waals surface area contributed by atoms with E-state index < -0.39 is 0 Å². The Morgan fingerprint density at radius 2 is 1.69 bits per heavy atom. The standard InChI is InChI=1S/C28H33ClN4O2/c1-2-20-3-7-22(8-4-20)23-16-24(19-33(18-23)28(34)32-11-13-35-14-12-32)27-17-26(30-31-27)15-21-5-9-25(29)10-6-21/h3-10,17,23-24H,2,11-16,18-19H2,1H3,(H,30,31). The molecule has 2 saturated heterocycles. The summed E-state index contributed by atoms with van der Waals surface area (Å²) in [5, 5.41) is 8.66. The quantitative estimate of drug-likeness (QED) is 0.529. The first-order chi connectivity index (χ1) is 17.1. The molecule has 7 heteroatoms. The van der Waals surface area contributed by atoms with E-state index in [9.17, 15) is 4.79 Å². The topological polar surface area (TPSA) is 61.5 Å². The summed E-state index contributed by atoms with van der Waals surface area (Å²) < 4.78 is 5.46. The smallest absolute Gasteiger partial charge is 0.320 e. The number of H-pyrrole nitrogens is 1. The highest BCUT2D eigenvalue weighted by molar-refractivity contribution is 6.30. The van der Waals surface area contributed by atoms with Crippen LogP contribution in [0.1, 0.15) is 53.3 Å². The Bertz CT molecular complexity index is 1120. The zero-order valence-corrected chi connectivity index (χ0v) is 21.0. The van der Waals surface area contributed by atoms with Gasteiger partial charge in [0.05, 0.1) is 18.9 Å². The summed E-state index contributed by atoms with van der Waals surface area (Å²) >= 11 is 6.03. The van der Waals surface area contributed by atoms with Crippen molar-refractivity contribution in [3.8, 4) is 0 Å². The first kappa shape index (κ1) is 23.9. The lowest BCUT2D eigenvalue weighted by molar-refractivity contribution is 0.0398. The number of carbonyl (C=O) groups excluding carboxylic acids is 1. The third kappa shape index (κ3) is 5.71. The summed E-state index contributed by atoms with van der Waals surface area (Å²) in [7, 11) is 0. The highest BCUT2D eigenvalue weighted by Gasteiger charge is 2.35. The fraction of sp³-hybridized carbons (Fsp3) is 0.429. The summed E-state index contributed by atoms with van der Waals surface area (Å²) in [5.74, 6) is 0.459. The number of ether oxygens (including phenoxy) is 1. The Hall–Kier alpha value is -2.83. The second-order valence-electron chi connectivity index (χ2n) is 9.63. The molecule has 3 aromatic rings. The van der Waals surface area contributed by atoms with Crippen molar-refractivity contribution < 1.29 is 9.53 Å². The molecule has 1 N–H and O–H groups in total. The van der Waals surface area contributed by atoms with Crippen molar-refractivity contribution in [3.05, 3.63) is 87.7 Å². The molecular formula is C28H33ClN4O2. The number of rotatable bonds is 5. The summed E-state index contributed by atoms with van der Waals surface area (Å²) in [6.07, 6.45) is 2.78. The minimum absolute atomic E-state index is 0.116. The summed E-state index contributed by atoms with van der Waals surface area (Å²) in [5.41, 5.74) is 5.92. The highest BCUT2D eigenvalue weighted by atomic mass is 35.5. The van der Waals surface area contributed by atoms with E-state index in [0.29, 0.717) is 32.8 Å². The van der Waals surface area contributed by atoms with Crippen LogP contribution in [0.15, 0.2) is 54.6 Å². The molecule has 0 spiro atoms. The van der Waals surface area contributed by atoms with E-state index in [0.717, 1.165) is 42.2 Å². The second-order valence-corrected chi connectivity index (χ2v) is 10.1. The summed E-state index contributed by atoms with van der Waals surface area (Å²) in [4.78, 5) is 17.4. The van der Waals surface area contributed by atoms with Crippen LogP contribution in [0.4, 0.5) is 4.79 Å². The zero-order valence-electron chi connectivity index (χ0n) is 20.3. The first-order valence-corrected chi connectivity index (χ1v) is 13.0. The molecule has 0 saturated carbocycles. The minimum Gasteiger partial charge on any atom is -0.378 e. The van der Waals surface area contributed by atoms with Crippen LogP contribution in [0.2, 0.25) is 5.02 Å². The lowest BCUT2D eigenvalue weighted by Crippen LogP contribution is -2.52. The highest BCUT2D eigenvalue weighted by Crippen LogP contribution is 2.36. The first-order valence-electron chi connectivity index (χ1n) is 12.6. The Morgan fingerprint density at radius 3 is 2.40 bits per heavy atom. The summed E-state index contributed by atoms with van der Waals surface area (Å²) in [6, 6.07) is 19.1. The van der Waals surface area contributed by atoms with E-state index in [-0.39, 0.29) is 17.9 Å². The van der Waals surface area contributed by atoms with Gasteiger partial charge in [0.2, 0.25) is 0 Å². The number of amides is 2. The van der Waals surface area contributed by atoms with Gasteiger partial charge >= 0.3 is 6.03 Å². The van der Waals surface area contributed by atoms with Gasteiger partial charge in [0.1, 0.15) is 0 Å². The molecule has 2 aliphatic heterocycles. The van der Waals surface area contributed by atoms with Crippen molar-refractivity contribution in [2.45, 2.75) is 38.0 Å². The zero-order chi connectivity index (χ0) is 24.2. The van der Waals surface area contributed by atoms with E-state index in [2.05, 4.69) is 42.4 Å². The van der Waals surface area contributed by atoms with Crippen molar-refractivity contribution in [1.29, 1.82) is 0 Å². The molecule has 2 amide bonds. The van der Waals surface area contributed by atoms with Gasteiger partial charge in [-0.05, 0) is 47.7 Å². The Balaban J connectivity index is 1.36. The van der Waals surface area contributed by atoms with Crippen LogP contribution >= 0.6 is 11.6 Å². The molecular weight excluding hydrogens is 460 g/mol. The number of nitrogens with zero attached hydrogens (tertiary/aromatic N) is 3. The van der Waals surface area contributed by atoms with E-state index >= 15 is 0 Å². The number of urea groups is 1. The predicted molar refractivity (Wildman–Crippen MR) is 138 cm³/mol. The number of morpholine rings is 1. The molecule has 1 aromatic heterocycles. The van der Waals surface area contributed by atoms with Gasteiger partial charge in [0.25, 0.3) is 0 Å². The molecule has 2 aromatic carbocycles. The van der Waals surface area contributed by atoms with Gasteiger partial charge in [-0.25, -0.2) is 4.79 Å². The number of likely N-dealkylation sites (tertiary alicyclic amines) is 1. The number of aryl methyl sites for hydroxylation is 1. The maximum absolute atomic E-state index is 13.4. The maximum atomic E-state index is 13.4. The fourth-order valence-electron chi connectivity index (χ4n) is 5.19. The number of halogens is 1. The maximum Gasteiger partial charge on any atom is 0.320 e. The third-order valence-electron chi connectivity index (χ3n) is 7.24. The van der Waals surface area contributed by atoms with Crippen LogP contribution in [-0.4, -0.2) is 65.4 Å². The van der Waals surface area contributed by atoms with Gasteiger partial charge in [0, 0.05) is 55.2 Å². The lowest BCUT2D eigenvalue weighted by atomic mass is 9.82. The minimum atomic E-state index is 0.116. The van der Waals surface area contributed by atoms with E-state index in [1.807, 2.05) is 34.1 Å². The SMILES string of the molecule is CCc1ccc(C2CC(c3cc(Cc4ccc(Cl)cc4)[nH]n3)CN(C(=O)N3CCOCC3)C2)cc1. The summed E-state index contributed by atoms with van der Waals surface area (Å²) in [6.45, 7) is 6.13. The molecule has 2 aliphatic rings. The van der Waals surface area contributed by atoms with Crippen LogP contribution in [0.5, 0.6) is 0 Å². The molecule has 0 radical (unpaired) electrons. The molecule has 2 unspecified atom stereocenters. The number of aromatic amines is 1. The fourth-order valence-corrected chi connectivity index (χ4v) is 5.32. The van der Waals surface area contributed by atoms with Crippen molar-refractivity contribution in [2.75, 3.05) is 39.4 Å². The molecule has 0 aliphatic carbocycles. The van der Waals surface area contributed by atoms with E-state index in [1.165, 1.54) is 16.7 Å². The Morgan fingerprint density at radius 1 is 1.00 bits per heavy atom. The van der Waals surface area contributed by atoms with Crippen LogP contribution in [0.25, 0.3) is 0 Å². The van der Waals surface area contributed by atoms with Gasteiger partial charge < -0.3 is 14.5 Å². The van der Waals surface area contributed by atoms with Crippen molar-refractivity contribution in [2.24, 2.45) is 0 Å².